The van der Waals surface area contributed by atoms with Gasteiger partial charge in [-0.25, -0.2) is 4.98 Å². The van der Waals surface area contributed by atoms with Gasteiger partial charge in [-0.1, -0.05) is 17.3 Å². The predicted octanol–water partition coefficient (Wildman–Crippen LogP) is 3.36. The lowest BCUT2D eigenvalue weighted by Crippen LogP contribution is -2.42. The van der Waals surface area contributed by atoms with Gasteiger partial charge in [0.1, 0.15) is 29.5 Å². The molecule has 2 heterocycles. The van der Waals surface area contributed by atoms with Gasteiger partial charge in [-0.15, -0.1) is 0 Å². The van der Waals surface area contributed by atoms with Crippen LogP contribution in [-0.2, 0) is 12.8 Å². The first kappa shape index (κ1) is 21.8. The Labute approximate surface area is 174 Å². The van der Waals surface area contributed by atoms with Gasteiger partial charge in [0.2, 0.25) is 0 Å². The zero-order valence-corrected chi connectivity index (χ0v) is 16.4. The van der Waals surface area contributed by atoms with Crippen molar-refractivity contribution in [3.05, 3.63) is 76.4 Å². The van der Waals surface area contributed by atoms with E-state index in [0.717, 1.165) is 23.8 Å². The van der Waals surface area contributed by atoms with Crippen LogP contribution in [-0.4, -0.2) is 22.0 Å². The van der Waals surface area contributed by atoms with Crippen molar-refractivity contribution < 1.29 is 32.0 Å². The first-order valence-electron chi connectivity index (χ1n) is 8.94. The zero-order valence-electron chi connectivity index (χ0n) is 16.4. The van der Waals surface area contributed by atoms with Gasteiger partial charge in [-0.3, -0.25) is 20.4 Å². The first-order chi connectivity index (χ1) is 14.6. The second kappa shape index (κ2) is 8.86. The molecule has 0 fully saturated rings. The van der Waals surface area contributed by atoms with Crippen LogP contribution in [0.5, 0.6) is 5.75 Å². The van der Waals surface area contributed by atoms with E-state index in [2.05, 4.69) is 15.6 Å². The lowest BCUT2D eigenvalue weighted by molar-refractivity contribution is -0.141. The molecule has 0 bridgehead atoms. The fourth-order valence-electron chi connectivity index (χ4n) is 2.56. The number of halogens is 3. The van der Waals surface area contributed by atoms with Crippen LogP contribution in [0.15, 0.2) is 47.0 Å². The zero-order chi connectivity index (χ0) is 22.6. The van der Waals surface area contributed by atoms with Crippen LogP contribution in [0.1, 0.15) is 43.6 Å². The molecule has 3 aromatic rings. The number of carbonyl (C=O) groups is 2. The minimum Gasteiger partial charge on any atom is -0.489 e. The Morgan fingerprint density at radius 2 is 1.77 bits per heavy atom. The molecule has 162 valence electrons. The number of nitrogens with zero attached hydrogens (tertiary/aromatic N) is 2. The highest BCUT2D eigenvalue weighted by Gasteiger charge is 2.33. The lowest BCUT2D eigenvalue weighted by atomic mass is 10.2. The highest BCUT2D eigenvalue weighted by atomic mass is 19.4. The van der Waals surface area contributed by atoms with Crippen molar-refractivity contribution in [1.82, 2.24) is 21.0 Å². The maximum Gasteiger partial charge on any atom is 0.433 e. The Balaban J connectivity index is 1.61. The minimum absolute atomic E-state index is 0.161. The van der Waals surface area contributed by atoms with Crippen LogP contribution in [0.25, 0.3) is 0 Å². The van der Waals surface area contributed by atoms with E-state index in [0.29, 0.717) is 17.2 Å². The normalized spacial score (nSPS) is 11.1. The molecular formula is C20H17F3N4O4. The highest BCUT2D eigenvalue weighted by molar-refractivity contribution is 5.98. The standard InChI is InChI=1S/C20H17F3N4O4/c1-11-15(12(2)31-27-11)10-30-14-6-3-5-13(9-14)18(28)25-26-19(29)16-7-4-8-17(24-16)20(21,22)23/h3-9H,10H2,1-2H3,(H,25,28)(H,26,29). The topological polar surface area (TPSA) is 106 Å². The van der Waals surface area contributed by atoms with E-state index in [-0.39, 0.29) is 12.2 Å². The molecule has 0 unspecified atom stereocenters. The predicted molar refractivity (Wildman–Crippen MR) is 101 cm³/mol. The maximum atomic E-state index is 12.7. The van der Waals surface area contributed by atoms with E-state index in [9.17, 15) is 22.8 Å². The Kier molecular flexibility index (Phi) is 6.23. The number of carbonyl (C=O) groups excluding carboxylic acids is 2. The highest BCUT2D eigenvalue weighted by Crippen LogP contribution is 2.27. The van der Waals surface area contributed by atoms with Gasteiger partial charge in [-0.2, -0.15) is 13.2 Å². The van der Waals surface area contributed by atoms with Crippen LogP contribution in [0.2, 0.25) is 0 Å². The molecule has 0 radical (unpaired) electrons. The largest absolute Gasteiger partial charge is 0.489 e. The number of rotatable bonds is 5. The maximum absolute atomic E-state index is 12.7. The number of ether oxygens (including phenoxy) is 1. The van der Waals surface area contributed by atoms with Gasteiger partial charge < -0.3 is 9.26 Å². The van der Waals surface area contributed by atoms with Crippen molar-refractivity contribution in [3.63, 3.8) is 0 Å². The van der Waals surface area contributed by atoms with E-state index in [1.54, 1.807) is 26.0 Å². The fourth-order valence-corrected chi connectivity index (χ4v) is 2.56. The number of hydrogen-bond acceptors (Lipinski definition) is 6. The van der Waals surface area contributed by atoms with Crippen molar-refractivity contribution in [2.45, 2.75) is 26.6 Å². The Morgan fingerprint density at radius 1 is 1.06 bits per heavy atom. The molecule has 31 heavy (non-hydrogen) atoms. The van der Waals surface area contributed by atoms with Gasteiger partial charge in [0.15, 0.2) is 0 Å². The van der Waals surface area contributed by atoms with Crippen LogP contribution in [0.4, 0.5) is 13.2 Å². The van der Waals surface area contributed by atoms with Gasteiger partial charge in [0.05, 0.1) is 11.3 Å². The van der Waals surface area contributed by atoms with E-state index >= 15 is 0 Å². The summed E-state index contributed by atoms with van der Waals surface area (Å²) in [5, 5.41) is 3.83. The molecule has 0 spiro atoms. The number of pyridine rings is 1. The third-order valence-corrected chi connectivity index (χ3v) is 4.22. The van der Waals surface area contributed by atoms with Crippen molar-refractivity contribution >= 4 is 11.8 Å². The van der Waals surface area contributed by atoms with Crippen molar-refractivity contribution in [3.8, 4) is 5.75 Å². The minimum atomic E-state index is -4.69. The number of alkyl halides is 3. The third kappa shape index (κ3) is 5.38. The summed E-state index contributed by atoms with van der Waals surface area (Å²) in [5.74, 6) is -0.677. The summed E-state index contributed by atoms with van der Waals surface area (Å²) in [6.45, 7) is 3.72. The molecule has 11 heteroatoms. The Morgan fingerprint density at radius 3 is 2.45 bits per heavy atom. The molecule has 8 nitrogen and oxygen atoms in total. The monoisotopic (exact) mass is 434 g/mol. The summed E-state index contributed by atoms with van der Waals surface area (Å²) in [4.78, 5) is 27.6. The number of nitrogens with one attached hydrogen (secondary N) is 2. The summed E-state index contributed by atoms with van der Waals surface area (Å²) < 4.78 is 48.9. The molecular weight excluding hydrogens is 417 g/mol. The van der Waals surface area contributed by atoms with Gasteiger partial charge in [-0.05, 0) is 44.2 Å². The number of hydrogen-bond donors (Lipinski definition) is 2. The van der Waals surface area contributed by atoms with Crippen molar-refractivity contribution in [1.29, 1.82) is 0 Å². The van der Waals surface area contributed by atoms with Crippen LogP contribution in [0.3, 0.4) is 0 Å². The van der Waals surface area contributed by atoms with Crippen LogP contribution in [0, 0.1) is 13.8 Å². The van der Waals surface area contributed by atoms with E-state index in [1.807, 2.05) is 5.43 Å². The first-order valence-corrected chi connectivity index (χ1v) is 8.94. The smallest absolute Gasteiger partial charge is 0.433 e. The molecule has 0 saturated carbocycles. The molecule has 3 rings (SSSR count). The second-order valence-corrected chi connectivity index (χ2v) is 6.43. The second-order valence-electron chi connectivity index (χ2n) is 6.43. The molecule has 0 saturated heterocycles. The molecule has 2 amide bonds. The van der Waals surface area contributed by atoms with Crippen LogP contribution < -0.4 is 15.6 Å². The van der Waals surface area contributed by atoms with E-state index < -0.39 is 29.4 Å². The van der Waals surface area contributed by atoms with Gasteiger partial charge >= 0.3 is 6.18 Å². The number of aryl methyl sites for hydroxylation is 2. The third-order valence-electron chi connectivity index (χ3n) is 4.22. The SMILES string of the molecule is Cc1noc(C)c1COc1cccc(C(=O)NNC(=O)c2cccc(C(F)(F)F)n2)c1. The van der Waals surface area contributed by atoms with Gasteiger partial charge in [0.25, 0.3) is 11.8 Å². The molecule has 0 atom stereocenters. The average Bonchev–Trinajstić information content (AvgIpc) is 3.07. The Bertz CT molecular complexity index is 1090. The lowest BCUT2D eigenvalue weighted by Gasteiger charge is -2.10. The van der Waals surface area contributed by atoms with Crippen molar-refractivity contribution in [2.24, 2.45) is 0 Å². The molecule has 2 aromatic heterocycles. The van der Waals surface area contributed by atoms with Crippen molar-refractivity contribution in [2.75, 3.05) is 0 Å². The molecule has 0 aliphatic carbocycles. The fraction of sp³-hybridized carbons (Fsp3) is 0.200. The number of benzene rings is 1. The summed E-state index contributed by atoms with van der Waals surface area (Å²) in [6, 6.07) is 9.03. The molecule has 0 aliphatic rings. The molecule has 0 aliphatic heterocycles. The van der Waals surface area contributed by atoms with E-state index in [1.165, 1.54) is 12.1 Å². The summed E-state index contributed by atoms with van der Waals surface area (Å²) in [6.07, 6.45) is -4.69. The Hall–Kier alpha value is -3.89. The quantitative estimate of drug-likeness (QED) is 0.597. The number of amides is 2. The summed E-state index contributed by atoms with van der Waals surface area (Å²) in [7, 11) is 0. The number of hydrazine groups is 1. The van der Waals surface area contributed by atoms with Gasteiger partial charge in [0, 0.05) is 5.56 Å². The summed E-state index contributed by atoms with van der Waals surface area (Å²) in [5.41, 5.74) is 4.10. The van der Waals surface area contributed by atoms with Crippen LogP contribution >= 0.6 is 0 Å². The molecule has 2 N–H and O–H groups in total. The number of aromatic nitrogens is 2. The van der Waals surface area contributed by atoms with E-state index in [4.69, 9.17) is 9.26 Å². The average molecular weight is 434 g/mol. The molecule has 1 aromatic carbocycles. The summed E-state index contributed by atoms with van der Waals surface area (Å²) >= 11 is 0.